The van der Waals surface area contributed by atoms with Gasteiger partial charge in [-0.2, -0.15) is 0 Å². The molecule has 0 unspecified atom stereocenters. The van der Waals surface area contributed by atoms with E-state index >= 15 is 0 Å². The van der Waals surface area contributed by atoms with E-state index in [1.807, 2.05) is 12.3 Å². The van der Waals surface area contributed by atoms with Crippen LogP contribution in [0.25, 0.3) is 54.7 Å². The third-order valence-corrected chi connectivity index (χ3v) is 7.53. The summed E-state index contributed by atoms with van der Waals surface area (Å²) in [5.41, 5.74) is 7.92. The van der Waals surface area contributed by atoms with Crippen molar-refractivity contribution in [3.63, 3.8) is 0 Å². The monoisotopic (exact) mass is 435 g/mol. The number of hydrogen-bond donors (Lipinski definition) is 0. The van der Waals surface area contributed by atoms with Crippen LogP contribution >= 0.6 is 0 Å². The molecule has 0 aliphatic heterocycles. The Hall–Kier alpha value is -3.97. The van der Waals surface area contributed by atoms with Gasteiger partial charge in [0.2, 0.25) is 0 Å². The number of fused-ring (bicyclic) bond motifs is 7. The van der Waals surface area contributed by atoms with Crippen molar-refractivity contribution in [3.8, 4) is 22.4 Å². The highest BCUT2D eigenvalue weighted by atomic mass is 14.7. The van der Waals surface area contributed by atoms with Crippen molar-refractivity contribution in [1.82, 2.24) is 4.98 Å². The van der Waals surface area contributed by atoms with Crippen molar-refractivity contribution < 1.29 is 0 Å². The highest BCUT2D eigenvalue weighted by molar-refractivity contribution is 6.13. The van der Waals surface area contributed by atoms with E-state index in [2.05, 4.69) is 96.0 Å². The molecular weight excluding hydrogens is 410 g/mol. The highest BCUT2D eigenvalue weighted by Crippen LogP contribution is 2.40. The average molecular weight is 436 g/mol. The zero-order valence-electron chi connectivity index (χ0n) is 19.1. The maximum atomic E-state index is 4.62. The predicted molar refractivity (Wildman–Crippen MR) is 144 cm³/mol. The molecule has 0 fully saturated rings. The largest absolute Gasteiger partial charge is 0.256 e. The summed E-state index contributed by atoms with van der Waals surface area (Å²) in [7, 11) is 0. The van der Waals surface area contributed by atoms with Crippen molar-refractivity contribution in [2.75, 3.05) is 0 Å². The van der Waals surface area contributed by atoms with Gasteiger partial charge >= 0.3 is 0 Å². The zero-order valence-corrected chi connectivity index (χ0v) is 19.1. The Morgan fingerprint density at radius 3 is 1.85 bits per heavy atom. The first-order chi connectivity index (χ1) is 16.9. The second-order valence-corrected chi connectivity index (χ2v) is 9.39. The Kier molecular flexibility index (Phi) is 4.48. The first-order valence-corrected chi connectivity index (χ1v) is 12.3. The summed E-state index contributed by atoms with van der Waals surface area (Å²) in [5, 5.41) is 8.18. The smallest absolute Gasteiger partial charge is 0.0708 e. The normalized spacial score (nSPS) is 13.4. The SMILES string of the molecule is c1ccc(-c2ccc(-c3ccc4c(c3)c3c(c5ccccc54)CCCC3)c3ccccc23)nc1. The van der Waals surface area contributed by atoms with Gasteiger partial charge in [-0.3, -0.25) is 4.98 Å². The lowest BCUT2D eigenvalue weighted by Crippen LogP contribution is -2.04. The van der Waals surface area contributed by atoms with E-state index in [1.165, 1.54) is 74.7 Å². The van der Waals surface area contributed by atoms with Crippen LogP contribution in [0.3, 0.4) is 0 Å². The van der Waals surface area contributed by atoms with Gasteiger partial charge in [0.15, 0.2) is 0 Å². The van der Waals surface area contributed by atoms with Gasteiger partial charge in [0.25, 0.3) is 0 Å². The average Bonchev–Trinajstić information content (AvgIpc) is 2.93. The molecule has 0 N–H and O–H groups in total. The lowest BCUT2D eigenvalue weighted by molar-refractivity contribution is 0.694. The standard InChI is InChI=1S/C33H25N/c1-5-13-28-24(9-1)23(18-19-31(28)33-15-7-8-20-34-33)22-16-17-30-27-12-3-2-10-25(27)26-11-4-6-14-29(26)32(30)21-22/h1-3,5,7-10,12-13,15-21H,4,6,11,14H2. The van der Waals surface area contributed by atoms with Gasteiger partial charge in [-0.05, 0) is 98.5 Å². The van der Waals surface area contributed by atoms with Crippen molar-refractivity contribution in [2.45, 2.75) is 25.7 Å². The van der Waals surface area contributed by atoms with Crippen LogP contribution in [-0.2, 0) is 12.8 Å². The summed E-state index contributed by atoms with van der Waals surface area (Å²) < 4.78 is 0. The molecule has 0 saturated carbocycles. The van der Waals surface area contributed by atoms with Crippen molar-refractivity contribution >= 4 is 32.3 Å². The Balaban J connectivity index is 1.50. The maximum absolute atomic E-state index is 4.62. The van der Waals surface area contributed by atoms with Crippen LogP contribution in [0.15, 0.2) is 103 Å². The third kappa shape index (κ3) is 2.97. The molecule has 0 atom stereocenters. The predicted octanol–water partition coefficient (Wildman–Crippen LogP) is 8.75. The van der Waals surface area contributed by atoms with Crippen molar-refractivity contribution in [3.05, 3.63) is 114 Å². The number of aryl methyl sites for hydroxylation is 2. The minimum atomic E-state index is 1.02. The number of aromatic nitrogens is 1. The molecular formula is C33H25N. The topological polar surface area (TPSA) is 12.9 Å². The van der Waals surface area contributed by atoms with Crippen LogP contribution in [0.5, 0.6) is 0 Å². The zero-order chi connectivity index (χ0) is 22.5. The highest BCUT2D eigenvalue weighted by Gasteiger charge is 2.18. The Morgan fingerprint density at radius 1 is 0.471 bits per heavy atom. The van der Waals surface area contributed by atoms with Crippen LogP contribution in [0.1, 0.15) is 24.0 Å². The molecule has 1 nitrogen and oxygen atoms in total. The fourth-order valence-corrected chi connectivity index (χ4v) is 5.97. The summed E-state index contributed by atoms with van der Waals surface area (Å²) in [4.78, 5) is 4.62. The van der Waals surface area contributed by atoms with E-state index in [0.29, 0.717) is 0 Å². The maximum Gasteiger partial charge on any atom is 0.0708 e. The third-order valence-electron chi connectivity index (χ3n) is 7.53. The molecule has 162 valence electrons. The quantitative estimate of drug-likeness (QED) is 0.248. The van der Waals surface area contributed by atoms with Gasteiger partial charge in [0.05, 0.1) is 5.69 Å². The molecule has 1 aromatic heterocycles. The van der Waals surface area contributed by atoms with E-state index in [1.54, 1.807) is 11.1 Å². The fraction of sp³-hybridized carbons (Fsp3) is 0.121. The number of nitrogens with zero attached hydrogens (tertiary/aromatic N) is 1. The number of pyridine rings is 1. The second-order valence-electron chi connectivity index (χ2n) is 9.39. The van der Waals surface area contributed by atoms with Gasteiger partial charge in [-0.15, -0.1) is 0 Å². The van der Waals surface area contributed by atoms with E-state index in [4.69, 9.17) is 0 Å². The van der Waals surface area contributed by atoms with Crippen LogP contribution in [0.4, 0.5) is 0 Å². The van der Waals surface area contributed by atoms with E-state index in [9.17, 15) is 0 Å². The van der Waals surface area contributed by atoms with Crippen molar-refractivity contribution in [1.29, 1.82) is 0 Å². The Bertz CT molecular complexity index is 1700. The van der Waals surface area contributed by atoms with Crippen LogP contribution < -0.4 is 0 Å². The van der Waals surface area contributed by atoms with Gasteiger partial charge in [0, 0.05) is 11.8 Å². The molecule has 34 heavy (non-hydrogen) atoms. The lowest BCUT2D eigenvalue weighted by atomic mass is 9.82. The number of rotatable bonds is 2. The van der Waals surface area contributed by atoms with Crippen molar-refractivity contribution in [2.24, 2.45) is 0 Å². The summed E-state index contributed by atoms with van der Waals surface area (Å²) in [6, 6.07) is 35.5. The molecule has 0 saturated heterocycles. The molecule has 0 bridgehead atoms. The lowest BCUT2D eigenvalue weighted by Gasteiger charge is -2.22. The van der Waals surface area contributed by atoms with Crippen LogP contribution in [-0.4, -0.2) is 4.98 Å². The molecule has 0 radical (unpaired) electrons. The minimum Gasteiger partial charge on any atom is -0.256 e. The molecule has 1 heterocycles. The van der Waals surface area contributed by atoms with Gasteiger partial charge < -0.3 is 0 Å². The number of hydrogen-bond acceptors (Lipinski definition) is 1. The fourth-order valence-electron chi connectivity index (χ4n) is 5.97. The Morgan fingerprint density at radius 2 is 1.09 bits per heavy atom. The van der Waals surface area contributed by atoms with Gasteiger partial charge in [-0.25, -0.2) is 0 Å². The molecule has 0 spiro atoms. The summed E-state index contributed by atoms with van der Waals surface area (Å²) in [6.45, 7) is 0. The minimum absolute atomic E-state index is 1.02. The Labute approximate surface area is 199 Å². The van der Waals surface area contributed by atoms with Gasteiger partial charge in [0.1, 0.15) is 0 Å². The summed E-state index contributed by atoms with van der Waals surface area (Å²) in [6.07, 6.45) is 6.82. The first-order valence-electron chi connectivity index (χ1n) is 12.3. The molecule has 1 aliphatic rings. The molecule has 7 rings (SSSR count). The summed E-state index contributed by atoms with van der Waals surface area (Å²) in [5.74, 6) is 0. The van der Waals surface area contributed by atoms with E-state index < -0.39 is 0 Å². The van der Waals surface area contributed by atoms with Crippen LogP contribution in [0, 0.1) is 0 Å². The molecule has 5 aromatic carbocycles. The molecule has 6 aromatic rings. The van der Waals surface area contributed by atoms with E-state index in [-0.39, 0.29) is 0 Å². The second kappa shape index (κ2) is 7.81. The number of benzene rings is 5. The van der Waals surface area contributed by atoms with Gasteiger partial charge in [-0.1, -0.05) is 78.9 Å². The first kappa shape index (κ1) is 19.5. The van der Waals surface area contributed by atoms with Crippen LogP contribution in [0.2, 0.25) is 0 Å². The summed E-state index contributed by atoms with van der Waals surface area (Å²) >= 11 is 0. The molecule has 1 heteroatoms. The molecule has 1 aliphatic carbocycles. The van der Waals surface area contributed by atoms with E-state index in [0.717, 1.165) is 5.69 Å². The molecule has 0 amide bonds.